The van der Waals surface area contributed by atoms with Gasteiger partial charge in [-0.2, -0.15) is 0 Å². The standard InChI is InChI=1S/C14H16BrNOS/c1-2-7-17-12-5-3-10(4-6-12)14(16)11-8-13(15)18-9-11/h3-6,8-9,14H,2,7,16H2,1H3. The van der Waals surface area contributed by atoms with Crippen LogP contribution in [0.1, 0.15) is 30.5 Å². The summed E-state index contributed by atoms with van der Waals surface area (Å²) in [6.07, 6.45) is 1.02. The first-order valence-electron chi connectivity index (χ1n) is 5.93. The summed E-state index contributed by atoms with van der Waals surface area (Å²) in [5.74, 6) is 0.902. The second kappa shape index (κ2) is 6.36. The molecule has 0 spiro atoms. The lowest BCUT2D eigenvalue weighted by molar-refractivity contribution is 0.317. The SMILES string of the molecule is CCCOc1ccc(C(N)c2csc(Br)c2)cc1. The predicted molar refractivity (Wildman–Crippen MR) is 80.3 cm³/mol. The molecule has 0 amide bonds. The Morgan fingerprint density at radius 3 is 2.56 bits per heavy atom. The van der Waals surface area contributed by atoms with E-state index in [1.165, 1.54) is 0 Å². The summed E-state index contributed by atoms with van der Waals surface area (Å²) in [6.45, 7) is 2.85. The Balaban J connectivity index is 2.09. The number of nitrogens with two attached hydrogens (primary N) is 1. The molecule has 96 valence electrons. The van der Waals surface area contributed by atoms with Crippen LogP contribution >= 0.6 is 27.3 Å². The zero-order valence-corrected chi connectivity index (χ0v) is 12.6. The molecule has 0 saturated carbocycles. The van der Waals surface area contributed by atoms with E-state index in [0.29, 0.717) is 0 Å². The van der Waals surface area contributed by atoms with E-state index in [0.717, 1.165) is 33.7 Å². The minimum absolute atomic E-state index is 0.0761. The average Bonchev–Trinajstić information content (AvgIpc) is 2.83. The molecule has 1 aromatic heterocycles. The third kappa shape index (κ3) is 3.34. The molecule has 1 atom stereocenters. The number of rotatable bonds is 5. The number of hydrogen-bond acceptors (Lipinski definition) is 3. The van der Waals surface area contributed by atoms with E-state index in [2.05, 4.69) is 34.3 Å². The number of ether oxygens (including phenoxy) is 1. The summed E-state index contributed by atoms with van der Waals surface area (Å²) in [5, 5.41) is 2.08. The fourth-order valence-corrected chi connectivity index (χ4v) is 2.88. The van der Waals surface area contributed by atoms with Gasteiger partial charge in [0, 0.05) is 0 Å². The molecule has 4 heteroatoms. The van der Waals surface area contributed by atoms with E-state index in [1.54, 1.807) is 11.3 Å². The predicted octanol–water partition coefficient (Wildman–Crippen LogP) is 4.35. The van der Waals surface area contributed by atoms with Crippen LogP contribution in [0.25, 0.3) is 0 Å². The first-order valence-corrected chi connectivity index (χ1v) is 7.60. The minimum Gasteiger partial charge on any atom is -0.494 e. The summed E-state index contributed by atoms with van der Waals surface area (Å²) >= 11 is 5.11. The Kier molecular flexibility index (Phi) is 4.80. The van der Waals surface area contributed by atoms with Gasteiger partial charge in [-0.05, 0) is 57.1 Å². The maximum Gasteiger partial charge on any atom is 0.119 e. The van der Waals surface area contributed by atoms with E-state index >= 15 is 0 Å². The summed E-state index contributed by atoms with van der Waals surface area (Å²) in [5.41, 5.74) is 8.46. The largest absolute Gasteiger partial charge is 0.494 e. The van der Waals surface area contributed by atoms with Crippen LogP contribution in [0.4, 0.5) is 0 Å². The molecule has 2 nitrogen and oxygen atoms in total. The van der Waals surface area contributed by atoms with Crippen LogP contribution in [0.5, 0.6) is 5.75 Å². The highest BCUT2D eigenvalue weighted by Gasteiger charge is 2.10. The number of hydrogen-bond donors (Lipinski definition) is 1. The van der Waals surface area contributed by atoms with Crippen molar-refractivity contribution in [1.82, 2.24) is 0 Å². The van der Waals surface area contributed by atoms with Crippen LogP contribution in [0, 0.1) is 0 Å². The van der Waals surface area contributed by atoms with Crippen molar-refractivity contribution in [3.8, 4) is 5.75 Å². The first-order chi connectivity index (χ1) is 8.70. The van der Waals surface area contributed by atoms with Gasteiger partial charge in [-0.1, -0.05) is 19.1 Å². The molecule has 0 saturated heterocycles. The first kappa shape index (κ1) is 13.6. The van der Waals surface area contributed by atoms with Gasteiger partial charge in [-0.3, -0.25) is 0 Å². The second-order valence-electron chi connectivity index (χ2n) is 4.08. The molecule has 1 heterocycles. The normalized spacial score (nSPS) is 12.4. The highest BCUT2D eigenvalue weighted by atomic mass is 79.9. The van der Waals surface area contributed by atoms with E-state index in [4.69, 9.17) is 10.5 Å². The quantitative estimate of drug-likeness (QED) is 0.887. The smallest absolute Gasteiger partial charge is 0.119 e. The van der Waals surface area contributed by atoms with Gasteiger partial charge >= 0.3 is 0 Å². The number of benzene rings is 1. The molecular formula is C14H16BrNOS. The van der Waals surface area contributed by atoms with E-state index in [-0.39, 0.29) is 6.04 Å². The van der Waals surface area contributed by atoms with Crippen molar-refractivity contribution in [1.29, 1.82) is 0 Å². The summed E-state index contributed by atoms with van der Waals surface area (Å²) in [4.78, 5) is 0. The van der Waals surface area contributed by atoms with Gasteiger partial charge in [0.05, 0.1) is 16.4 Å². The van der Waals surface area contributed by atoms with Crippen LogP contribution < -0.4 is 10.5 Å². The molecule has 0 radical (unpaired) electrons. The molecule has 0 fully saturated rings. The van der Waals surface area contributed by atoms with Gasteiger partial charge in [-0.25, -0.2) is 0 Å². The molecule has 1 unspecified atom stereocenters. The monoisotopic (exact) mass is 325 g/mol. The maximum atomic E-state index is 6.22. The van der Waals surface area contributed by atoms with Crippen LogP contribution in [0.2, 0.25) is 0 Å². The third-order valence-corrected chi connectivity index (χ3v) is 4.18. The summed E-state index contributed by atoms with van der Waals surface area (Å²) in [6, 6.07) is 10.0. The van der Waals surface area contributed by atoms with Gasteiger partial charge in [0.1, 0.15) is 5.75 Å². The Bertz CT molecular complexity index is 495. The van der Waals surface area contributed by atoms with Crippen LogP contribution in [0.3, 0.4) is 0 Å². The number of halogens is 1. The van der Waals surface area contributed by atoms with Crippen molar-refractivity contribution in [2.75, 3.05) is 6.61 Å². The molecule has 2 aromatic rings. The highest BCUT2D eigenvalue weighted by molar-refractivity contribution is 9.11. The lowest BCUT2D eigenvalue weighted by Crippen LogP contribution is -2.10. The average molecular weight is 326 g/mol. The van der Waals surface area contributed by atoms with Crippen molar-refractivity contribution in [3.63, 3.8) is 0 Å². The van der Waals surface area contributed by atoms with Gasteiger partial charge in [-0.15, -0.1) is 11.3 Å². The maximum absolute atomic E-state index is 6.22. The second-order valence-corrected chi connectivity index (χ2v) is 6.37. The topological polar surface area (TPSA) is 35.2 Å². The van der Waals surface area contributed by atoms with E-state index in [9.17, 15) is 0 Å². The Morgan fingerprint density at radius 1 is 1.28 bits per heavy atom. The van der Waals surface area contributed by atoms with Gasteiger partial charge in [0.15, 0.2) is 0 Å². The summed E-state index contributed by atoms with van der Waals surface area (Å²) in [7, 11) is 0. The van der Waals surface area contributed by atoms with Gasteiger partial charge in [0.2, 0.25) is 0 Å². The summed E-state index contributed by atoms with van der Waals surface area (Å²) < 4.78 is 6.66. The molecule has 0 aliphatic carbocycles. The molecule has 18 heavy (non-hydrogen) atoms. The Morgan fingerprint density at radius 2 is 2.00 bits per heavy atom. The fraction of sp³-hybridized carbons (Fsp3) is 0.286. The van der Waals surface area contributed by atoms with Gasteiger partial charge < -0.3 is 10.5 Å². The van der Waals surface area contributed by atoms with E-state index in [1.807, 2.05) is 24.3 Å². The van der Waals surface area contributed by atoms with Crippen molar-refractivity contribution in [2.45, 2.75) is 19.4 Å². The zero-order valence-electron chi connectivity index (χ0n) is 10.2. The zero-order chi connectivity index (χ0) is 13.0. The molecular weight excluding hydrogens is 310 g/mol. The Labute approximate surface area is 120 Å². The molecule has 2 rings (SSSR count). The lowest BCUT2D eigenvalue weighted by atomic mass is 10.0. The van der Waals surface area contributed by atoms with Crippen LogP contribution in [-0.4, -0.2) is 6.61 Å². The lowest BCUT2D eigenvalue weighted by Gasteiger charge is -2.11. The third-order valence-electron chi connectivity index (χ3n) is 2.66. The fourth-order valence-electron chi connectivity index (χ4n) is 1.67. The van der Waals surface area contributed by atoms with Gasteiger partial charge in [0.25, 0.3) is 0 Å². The molecule has 2 N–H and O–H groups in total. The van der Waals surface area contributed by atoms with Crippen LogP contribution in [0.15, 0.2) is 39.5 Å². The van der Waals surface area contributed by atoms with Crippen LogP contribution in [-0.2, 0) is 0 Å². The van der Waals surface area contributed by atoms with E-state index < -0.39 is 0 Å². The minimum atomic E-state index is -0.0761. The number of thiophene rings is 1. The molecule has 0 aliphatic rings. The molecule has 1 aromatic carbocycles. The van der Waals surface area contributed by atoms with Crippen molar-refractivity contribution in [3.05, 3.63) is 50.6 Å². The van der Waals surface area contributed by atoms with Crippen molar-refractivity contribution in [2.24, 2.45) is 5.73 Å². The highest BCUT2D eigenvalue weighted by Crippen LogP contribution is 2.28. The molecule has 0 bridgehead atoms. The van der Waals surface area contributed by atoms with Crippen molar-refractivity contribution >= 4 is 27.3 Å². The van der Waals surface area contributed by atoms with Crippen molar-refractivity contribution < 1.29 is 4.74 Å². The molecule has 0 aliphatic heterocycles. The Hall–Kier alpha value is -0.840.